The lowest BCUT2D eigenvalue weighted by atomic mass is 10.3. The van der Waals surface area contributed by atoms with Crippen LogP contribution in [0.1, 0.15) is 5.69 Å². The van der Waals surface area contributed by atoms with E-state index in [1.807, 2.05) is 30.3 Å². The van der Waals surface area contributed by atoms with E-state index in [0.29, 0.717) is 22.4 Å². The fraction of sp³-hybridized carbons (Fsp3) is 0.200. The summed E-state index contributed by atoms with van der Waals surface area (Å²) in [6.07, 6.45) is 4.76. The average Bonchev–Trinajstić information content (AvgIpc) is 3.25. The molecule has 0 radical (unpaired) electrons. The molecule has 0 bridgehead atoms. The molecule has 0 saturated carbocycles. The Hall–Kier alpha value is -3.73. The van der Waals surface area contributed by atoms with E-state index in [0.717, 1.165) is 5.69 Å². The largest absolute Gasteiger partial charge is 0.319 e. The quantitative estimate of drug-likeness (QED) is 0.459. The number of carbonyl (C=O) groups excluding carboxylic acids is 1. The highest BCUT2D eigenvalue weighted by atomic mass is 32.2. The van der Waals surface area contributed by atoms with Crippen molar-refractivity contribution < 1.29 is 4.79 Å². The summed E-state index contributed by atoms with van der Waals surface area (Å²) in [4.78, 5) is 33.7. The average molecular weight is 437 g/mol. The van der Waals surface area contributed by atoms with Crippen molar-refractivity contribution in [2.75, 3.05) is 11.1 Å². The highest BCUT2D eigenvalue weighted by Crippen LogP contribution is 2.21. The molecule has 0 aliphatic rings. The number of hydrogen-bond acceptors (Lipinski definition) is 7. The summed E-state index contributed by atoms with van der Waals surface area (Å²) in [5.74, 6) is 0.326. The number of rotatable bonds is 6. The maximum absolute atomic E-state index is 12.9. The number of benzene rings is 1. The molecule has 11 heteroatoms. The van der Waals surface area contributed by atoms with Gasteiger partial charge in [0.1, 0.15) is 11.4 Å². The second-order valence-corrected chi connectivity index (χ2v) is 7.67. The Balaban J connectivity index is 1.48. The molecule has 0 saturated heterocycles. The lowest BCUT2D eigenvalue weighted by Gasteiger charge is -2.07. The first-order valence-corrected chi connectivity index (χ1v) is 10.4. The number of aromatic nitrogens is 7. The Morgan fingerprint density at radius 2 is 1.90 bits per heavy atom. The first kappa shape index (κ1) is 20.5. The van der Waals surface area contributed by atoms with Gasteiger partial charge in [-0.3, -0.25) is 19.3 Å². The van der Waals surface area contributed by atoms with Gasteiger partial charge in [-0.15, -0.1) is 10.2 Å². The van der Waals surface area contributed by atoms with Gasteiger partial charge in [-0.2, -0.15) is 0 Å². The second kappa shape index (κ2) is 8.56. The summed E-state index contributed by atoms with van der Waals surface area (Å²) < 4.78 is 4.99. The van der Waals surface area contributed by atoms with E-state index in [9.17, 15) is 9.59 Å². The molecule has 4 aromatic rings. The number of para-hydroxylation sites is 1. The Morgan fingerprint density at radius 3 is 2.61 bits per heavy atom. The molecule has 1 aromatic carbocycles. The zero-order chi connectivity index (χ0) is 22.0. The van der Waals surface area contributed by atoms with Crippen molar-refractivity contribution >= 4 is 23.4 Å². The third-order valence-corrected chi connectivity index (χ3v) is 5.80. The van der Waals surface area contributed by atoms with Crippen molar-refractivity contribution in [3.05, 3.63) is 65.0 Å². The minimum atomic E-state index is -0.305. The van der Waals surface area contributed by atoms with Gasteiger partial charge in [-0.05, 0) is 19.1 Å². The van der Waals surface area contributed by atoms with Crippen molar-refractivity contribution in [1.29, 1.82) is 0 Å². The predicted molar refractivity (Wildman–Crippen MR) is 117 cm³/mol. The molecule has 3 aromatic heterocycles. The molecule has 0 spiro atoms. The minimum Gasteiger partial charge on any atom is -0.319 e. The SMILES string of the molecule is Cc1c(NC(=O)CSc2nnc(-c3cnccn3)n2C)c(=O)n(-c2ccccc2)n1C. The van der Waals surface area contributed by atoms with Crippen LogP contribution < -0.4 is 10.9 Å². The molecule has 1 amide bonds. The lowest BCUT2D eigenvalue weighted by molar-refractivity contribution is -0.113. The molecule has 158 valence electrons. The van der Waals surface area contributed by atoms with Crippen molar-refractivity contribution in [3.63, 3.8) is 0 Å². The van der Waals surface area contributed by atoms with Crippen LogP contribution in [0.5, 0.6) is 0 Å². The van der Waals surface area contributed by atoms with Crippen LogP contribution >= 0.6 is 11.8 Å². The van der Waals surface area contributed by atoms with Crippen LogP contribution in [-0.2, 0) is 18.9 Å². The normalized spacial score (nSPS) is 10.9. The summed E-state index contributed by atoms with van der Waals surface area (Å²) in [6.45, 7) is 1.79. The zero-order valence-corrected chi connectivity index (χ0v) is 18.0. The summed E-state index contributed by atoms with van der Waals surface area (Å²) in [5.41, 5.74) is 1.96. The van der Waals surface area contributed by atoms with Gasteiger partial charge in [0.2, 0.25) is 5.91 Å². The van der Waals surface area contributed by atoms with Crippen LogP contribution in [0.15, 0.2) is 58.9 Å². The summed E-state index contributed by atoms with van der Waals surface area (Å²) in [7, 11) is 3.58. The minimum absolute atomic E-state index is 0.0750. The predicted octanol–water partition coefficient (Wildman–Crippen LogP) is 1.80. The van der Waals surface area contributed by atoms with E-state index in [2.05, 4.69) is 25.5 Å². The fourth-order valence-corrected chi connectivity index (χ4v) is 3.81. The van der Waals surface area contributed by atoms with Gasteiger partial charge in [-0.1, -0.05) is 30.0 Å². The van der Waals surface area contributed by atoms with E-state index < -0.39 is 0 Å². The molecule has 3 heterocycles. The van der Waals surface area contributed by atoms with Gasteiger partial charge >= 0.3 is 0 Å². The number of nitrogens with zero attached hydrogens (tertiary/aromatic N) is 7. The van der Waals surface area contributed by atoms with Gasteiger partial charge in [0.05, 0.1) is 23.3 Å². The molecule has 4 rings (SSSR count). The standard InChI is InChI=1S/C20H20N8O2S/c1-13-17(19(30)28(27(13)3)14-7-5-4-6-8-14)23-16(29)12-31-20-25-24-18(26(20)2)15-11-21-9-10-22-15/h4-11H,12H2,1-3H3,(H,23,29). The smallest absolute Gasteiger partial charge is 0.295 e. The van der Waals surface area contributed by atoms with Crippen molar-refractivity contribution in [2.24, 2.45) is 14.1 Å². The van der Waals surface area contributed by atoms with Crippen molar-refractivity contribution in [3.8, 4) is 17.2 Å². The number of hydrogen-bond donors (Lipinski definition) is 1. The molecular formula is C20H20N8O2S. The highest BCUT2D eigenvalue weighted by molar-refractivity contribution is 7.99. The Labute approximate surface area is 182 Å². The van der Waals surface area contributed by atoms with Gasteiger partial charge in [0.25, 0.3) is 5.56 Å². The first-order valence-electron chi connectivity index (χ1n) is 9.40. The monoisotopic (exact) mass is 436 g/mol. The van der Waals surface area contributed by atoms with E-state index >= 15 is 0 Å². The number of anilines is 1. The first-order chi connectivity index (χ1) is 15.0. The van der Waals surface area contributed by atoms with E-state index in [1.54, 1.807) is 48.9 Å². The van der Waals surface area contributed by atoms with Gasteiger partial charge in [0, 0.05) is 26.5 Å². The van der Waals surface area contributed by atoms with Crippen LogP contribution in [-0.4, -0.2) is 45.8 Å². The molecule has 1 N–H and O–H groups in total. The van der Waals surface area contributed by atoms with E-state index in [1.165, 1.54) is 16.4 Å². The topological polar surface area (TPSA) is 113 Å². The van der Waals surface area contributed by atoms with Crippen LogP contribution in [0.2, 0.25) is 0 Å². The Bertz CT molecular complexity index is 1280. The molecule has 0 atom stereocenters. The zero-order valence-electron chi connectivity index (χ0n) is 17.2. The Morgan fingerprint density at radius 1 is 1.13 bits per heavy atom. The fourth-order valence-electron chi connectivity index (χ4n) is 3.10. The third-order valence-electron chi connectivity index (χ3n) is 4.78. The molecule has 0 aliphatic carbocycles. The lowest BCUT2D eigenvalue weighted by Crippen LogP contribution is -2.23. The van der Waals surface area contributed by atoms with Crippen LogP contribution in [0.4, 0.5) is 5.69 Å². The van der Waals surface area contributed by atoms with Crippen LogP contribution in [0.3, 0.4) is 0 Å². The van der Waals surface area contributed by atoms with Crippen LogP contribution in [0.25, 0.3) is 17.2 Å². The number of nitrogens with one attached hydrogen (secondary N) is 1. The molecule has 0 unspecified atom stereocenters. The number of thioether (sulfide) groups is 1. The van der Waals surface area contributed by atoms with E-state index in [-0.39, 0.29) is 22.9 Å². The molecule has 0 fully saturated rings. The number of carbonyl (C=O) groups is 1. The molecule has 10 nitrogen and oxygen atoms in total. The van der Waals surface area contributed by atoms with Crippen molar-refractivity contribution in [2.45, 2.75) is 12.1 Å². The Kier molecular flexibility index (Phi) is 5.67. The maximum Gasteiger partial charge on any atom is 0.295 e. The summed E-state index contributed by atoms with van der Waals surface area (Å²) >= 11 is 1.22. The summed E-state index contributed by atoms with van der Waals surface area (Å²) in [5, 5.41) is 11.5. The van der Waals surface area contributed by atoms with Gasteiger partial charge in [0.15, 0.2) is 11.0 Å². The second-order valence-electron chi connectivity index (χ2n) is 6.73. The third kappa shape index (κ3) is 3.99. The van der Waals surface area contributed by atoms with E-state index in [4.69, 9.17) is 0 Å². The van der Waals surface area contributed by atoms with Crippen molar-refractivity contribution in [1.82, 2.24) is 34.1 Å². The summed E-state index contributed by atoms with van der Waals surface area (Å²) in [6, 6.07) is 9.27. The van der Waals surface area contributed by atoms with Gasteiger partial charge < -0.3 is 9.88 Å². The molecule has 0 aliphatic heterocycles. The molecule has 31 heavy (non-hydrogen) atoms. The number of amides is 1. The maximum atomic E-state index is 12.9. The van der Waals surface area contributed by atoms with Gasteiger partial charge in [-0.25, -0.2) is 9.67 Å². The molecular weight excluding hydrogens is 416 g/mol. The highest BCUT2D eigenvalue weighted by Gasteiger charge is 2.19. The van der Waals surface area contributed by atoms with Crippen LogP contribution in [0, 0.1) is 6.92 Å².